The number of nitrogens with zero attached hydrogens (tertiary/aromatic N) is 1. The predicted octanol–water partition coefficient (Wildman–Crippen LogP) is 4.05. The molecule has 4 rings (SSSR count). The standard InChI is InChI=1S/C20H13NO3/c22-19(20(23)24)17-12-21(18-8-4-3-7-16(17)18)15-10-9-13-5-1-2-6-14(13)11-15/h1-12H,(H,23,24). The highest BCUT2D eigenvalue weighted by Crippen LogP contribution is 2.27. The average Bonchev–Trinajstić information content (AvgIpc) is 3.00. The molecule has 4 aromatic rings. The van der Waals surface area contributed by atoms with E-state index < -0.39 is 11.8 Å². The fourth-order valence-electron chi connectivity index (χ4n) is 3.02. The van der Waals surface area contributed by atoms with Crippen LogP contribution in [0.2, 0.25) is 0 Å². The van der Waals surface area contributed by atoms with E-state index in [0.717, 1.165) is 22.0 Å². The Kier molecular flexibility index (Phi) is 3.17. The van der Waals surface area contributed by atoms with Crippen LogP contribution >= 0.6 is 0 Å². The van der Waals surface area contributed by atoms with Gasteiger partial charge in [-0.2, -0.15) is 0 Å². The third kappa shape index (κ3) is 2.16. The van der Waals surface area contributed by atoms with Gasteiger partial charge in [0, 0.05) is 17.3 Å². The van der Waals surface area contributed by atoms with Gasteiger partial charge in [-0.25, -0.2) is 4.79 Å². The molecular weight excluding hydrogens is 302 g/mol. The second-order valence-electron chi connectivity index (χ2n) is 5.60. The third-order valence-corrected chi connectivity index (χ3v) is 4.16. The van der Waals surface area contributed by atoms with Crippen molar-refractivity contribution in [3.05, 3.63) is 78.5 Å². The Morgan fingerprint density at radius 3 is 2.33 bits per heavy atom. The van der Waals surface area contributed by atoms with Gasteiger partial charge in [0.05, 0.1) is 11.1 Å². The number of fused-ring (bicyclic) bond motifs is 2. The molecule has 24 heavy (non-hydrogen) atoms. The maximum atomic E-state index is 12.0. The fourth-order valence-corrected chi connectivity index (χ4v) is 3.02. The molecule has 0 spiro atoms. The second-order valence-corrected chi connectivity index (χ2v) is 5.60. The number of carbonyl (C=O) groups excluding carboxylic acids is 1. The molecule has 4 nitrogen and oxygen atoms in total. The van der Waals surface area contributed by atoms with Crippen molar-refractivity contribution in [1.82, 2.24) is 4.57 Å². The van der Waals surface area contributed by atoms with Gasteiger partial charge in [-0.05, 0) is 29.0 Å². The van der Waals surface area contributed by atoms with Crippen LogP contribution in [0, 0.1) is 0 Å². The number of benzene rings is 3. The molecule has 0 radical (unpaired) electrons. The molecule has 0 saturated heterocycles. The second kappa shape index (κ2) is 5.35. The Labute approximate surface area is 137 Å². The molecule has 1 heterocycles. The Morgan fingerprint density at radius 2 is 1.54 bits per heavy atom. The van der Waals surface area contributed by atoms with E-state index in [0.29, 0.717) is 5.39 Å². The summed E-state index contributed by atoms with van der Waals surface area (Å²) in [6.07, 6.45) is 1.60. The summed E-state index contributed by atoms with van der Waals surface area (Å²) in [7, 11) is 0. The Hall–Kier alpha value is -3.40. The quantitative estimate of drug-likeness (QED) is 0.458. The lowest BCUT2D eigenvalue weighted by atomic mass is 10.1. The molecule has 0 bridgehead atoms. The minimum atomic E-state index is -1.45. The zero-order valence-electron chi connectivity index (χ0n) is 12.6. The lowest BCUT2D eigenvalue weighted by Crippen LogP contribution is -2.12. The van der Waals surface area contributed by atoms with Gasteiger partial charge in [-0.15, -0.1) is 0 Å². The number of Topliss-reactive ketones (excluding diaryl/α,β-unsaturated/α-hetero) is 1. The Balaban J connectivity index is 1.98. The molecule has 0 amide bonds. The van der Waals surface area contributed by atoms with Crippen LogP contribution in [0.15, 0.2) is 72.9 Å². The van der Waals surface area contributed by atoms with Crippen molar-refractivity contribution >= 4 is 33.4 Å². The molecule has 4 heteroatoms. The molecule has 0 aliphatic carbocycles. The maximum Gasteiger partial charge on any atom is 0.377 e. The normalized spacial score (nSPS) is 11.0. The topological polar surface area (TPSA) is 59.3 Å². The number of carboxylic acids is 1. The number of aromatic nitrogens is 1. The first-order valence-corrected chi connectivity index (χ1v) is 7.52. The van der Waals surface area contributed by atoms with Crippen molar-refractivity contribution in [2.75, 3.05) is 0 Å². The lowest BCUT2D eigenvalue weighted by Gasteiger charge is -2.07. The number of carbonyl (C=O) groups is 2. The average molecular weight is 315 g/mol. The molecule has 0 unspecified atom stereocenters. The smallest absolute Gasteiger partial charge is 0.377 e. The summed E-state index contributed by atoms with van der Waals surface area (Å²) in [5.41, 5.74) is 1.89. The third-order valence-electron chi connectivity index (χ3n) is 4.16. The van der Waals surface area contributed by atoms with Crippen molar-refractivity contribution in [2.45, 2.75) is 0 Å². The number of rotatable bonds is 3. The summed E-state index contributed by atoms with van der Waals surface area (Å²) >= 11 is 0. The molecule has 116 valence electrons. The van der Waals surface area contributed by atoms with E-state index in [9.17, 15) is 9.59 Å². The predicted molar refractivity (Wildman–Crippen MR) is 92.7 cm³/mol. The monoisotopic (exact) mass is 315 g/mol. The van der Waals surface area contributed by atoms with Crippen molar-refractivity contribution in [3.63, 3.8) is 0 Å². The summed E-state index contributed by atoms with van der Waals surface area (Å²) in [5, 5.41) is 11.9. The van der Waals surface area contributed by atoms with Gasteiger partial charge < -0.3 is 9.67 Å². The molecule has 1 aromatic heterocycles. The lowest BCUT2D eigenvalue weighted by molar-refractivity contribution is -0.131. The van der Waals surface area contributed by atoms with Gasteiger partial charge in [0.2, 0.25) is 0 Å². The number of carboxylic acid groups (broad SMARTS) is 1. The fraction of sp³-hybridized carbons (Fsp3) is 0. The van der Waals surface area contributed by atoms with Crippen molar-refractivity contribution in [1.29, 1.82) is 0 Å². The van der Waals surface area contributed by atoms with Gasteiger partial charge in [0.1, 0.15) is 0 Å². The molecule has 0 saturated carbocycles. The summed E-state index contributed by atoms with van der Waals surface area (Å²) < 4.78 is 1.86. The van der Waals surface area contributed by atoms with Crippen LogP contribution in [0.4, 0.5) is 0 Å². The van der Waals surface area contributed by atoms with E-state index in [1.165, 1.54) is 0 Å². The Bertz CT molecular complexity index is 1110. The van der Waals surface area contributed by atoms with E-state index >= 15 is 0 Å². The number of ketones is 1. The van der Waals surface area contributed by atoms with Crippen LogP contribution in [0.25, 0.3) is 27.4 Å². The maximum absolute atomic E-state index is 12.0. The van der Waals surface area contributed by atoms with Crippen LogP contribution in [0.1, 0.15) is 10.4 Å². The zero-order chi connectivity index (χ0) is 16.7. The Morgan fingerprint density at radius 1 is 0.833 bits per heavy atom. The molecule has 0 aliphatic heterocycles. The number of para-hydroxylation sites is 1. The minimum Gasteiger partial charge on any atom is -0.475 e. The van der Waals surface area contributed by atoms with Gasteiger partial charge in [0.25, 0.3) is 5.78 Å². The summed E-state index contributed by atoms with van der Waals surface area (Å²) in [5.74, 6) is -2.35. The molecule has 0 fully saturated rings. The van der Waals surface area contributed by atoms with Crippen LogP contribution in [0.5, 0.6) is 0 Å². The first kappa shape index (κ1) is 14.2. The summed E-state index contributed by atoms with van der Waals surface area (Å²) in [6, 6.07) is 21.3. The number of aliphatic carboxylic acids is 1. The van der Waals surface area contributed by atoms with Gasteiger partial charge >= 0.3 is 5.97 Å². The first-order valence-electron chi connectivity index (χ1n) is 7.52. The molecule has 1 N–H and O–H groups in total. The molecule has 3 aromatic carbocycles. The van der Waals surface area contributed by atoms with E-state index in [1.54, 1.807) is 18.3 Å². The zero-order valence-corrected chi connectivity index (χ0v) is 12.6. The SMILES string of the molecule is O=C(O)C(=O)c1cn(-c2ccc3ccccc3c2)c2ccccc12. The largest absolute Gasteiger partial charge is 0.475 e. The highest BCUT2D eigenvalue weighted by atomic mass is 16.4. The number of hydrogen-bond acceptors (Lipinski definition) is 2. The highest BCUT2D eigenvalue weighted by molar-refractivity contribution is 6.42. The molecule has 0 atom stereocenters. The van der Waals surface area contributed by atoms with E-state index in [1.807, 2.05) is 59.2 Å². The van der Waals surface area contributed by atoms with E-state index in [-0.39, 0.29) is 5.56 Å². The first-order chi connectivity index (χ1) is 11.6. The summed E-state index contributed by atoms with van der Waals surface area (Å²) in [6.45, 7) is 0. The van der Waals surface area contributed by atoms with E-state index in [4.69, 9.17) is 5.11 Å². The van der Waals surface area contributed by atoms with E-state index in [2.05, 4.69) is 0 Å². The van der Waals surface area contributed by atoms with Gasteiger partial charge in [-0.3, -0.25) is 4.79 Å². The van der Waals surface area contributed by atoms with Crippen molar-refractivity contribution < 1.29 is 14.7 Å². The van der Waals surface area contributed by atoms with Crippen LogP contribution in [-0.4, -0.2) is 21.4 Å². The highest BCUT2D eigenvalue weighted by Gasteiger charge is 2.21. The molecule has 0 aliphatic rings. The minimum absolute atomic E-state index is 0.200. The van der Waals surface area contributed by atoms with Gasteiger partial charge in [-0.1, -0.05) is 48.5 Å². The van der Waals surface area contributed by atoms with Crippen LogP contribution in [0.3, 0.4) is 0 Å². The number of hydrogen-bond donors (Lipinski definition) is 1. The van der Waals surface area contributed by atoms with Crippen molar-refractivity contribution in [3.8, 4) is 5.69 Å². The van der Waals surface area contributed by atoms with Crippen molar-refractivity contribution in [2.24, 2.45) is 0 Å². The van der Waals surface area contributed by atoms with Crippen LogP contribution in [-0.2, 0) is 4.79 Å². The summed E-state index contributed by atoms with van der Waals surface area (Å²) in [4.78, 5) is 23.1. The molecular formula is C20H13NO3. The van der Waals surface area contributed by atoms with Gasteiger partial charge in [0.15, 0.2) is 0 Å². The van der Waals surface area contributed by atoms with Crippen LogP contribution < -0.4 is 0 Å².